The summed E-state index contributed by atoms with van der Waals surface area (Å²) in [5.41, 5.74) is -0.00144. The first-order valence-corrected chi connectivity index (χ1v) is 7.98. The fourth-order valence-electron chi connectivity index (χ4n) is 2.00. The molecule has 1 amide bonds. The molecule has 8 nitrogen and oxygen atoms in total. The van der Waals surface area contributed by atoms with Gasteiger partial charge in [-0.05, 0) is 26.3 Å². The standard InChI is InChI=1S/C18H25NO7/c1-18(2,3)26-17(22)19-13(15(20)23-4)14(16(21)24-5)25-11-12-9-7-6-8-10-12/h6-10,13-14H,11H2,1-5H3,(H,19,22). The number of benzene rings is 1. The van der Waals surface area contributed by atoms with E-state index < -0.39 is 35.8 Å². The van der Waals surface area contributed by atoms with Crippen molar-refractivity contribution in [3.8, 4) is 0 Å². The molecule has 1 aromatic rings. The maximum Gasteiger partial charge on any atom is 0.408 e. The fraction of sp³-hybridized carbons (Fsp3) is 0.500. The van der Waals surface area contributed by atoms with Gasteiger partial charge >= 0.3 is 18.0 Å². The molecule has 0 radical (unpaired) electrons. The maximum atomic E-state index is 12.1. The van der Waals surface area contributed by atoms with E-state index in [0.29, 0.717) is 0 Å². The van der Waals surface area contributed by atoms with Crippen molar-refractivity contribution in [2.24, 2.45) is 0 Å². The van der Waals surface area contributed by atoms with Crippen LogP contribution in [-0.4, -0.2) is 50.0 Å². The van der Waals surface area contributed by atoms with Gasteiger partial charge in [-0.3, -0.25) is 0 Å². The van der Waals surface area contributed by atoms with E-state index in [4.69, 9.17) is 14.2 Å². The molecule has 0 saturated carbocycles. The molecule has 0 aliphatic heterocycles. The van der Waals surface area contributed by atoms with Gasteiger partial charge in [0.25, 0.3) is 0 Å². The molecule has 1 rings (SSSR count). The van der Waals surface area contributed by atoms with Gasteiger partial charge in [0.15, 0.2) is 12.1 Å². The van der Waals surface area contributed by atoms with Crippen molar-refractivity contribution in [1.29, 1.82) is 0 Å². The highest BCUT2D eigenvalue weighted by Gasteiger charge is 2.38. The topological polar surface area (TPSA) is 100 Å². The van der Waals surface area contributed by atoms with Crippen LogP contribution in [-0.2, 0) is 35.1 Å². The average Bonchev–Trinajstić information content (AvgIpc) is 2.59. The molecule has 0 heterocycles. The largest absolute Gasteiger partial charge is 0.467 e. The van der Waals surface area contributed by atoms with E-state index in [1.165, 1.54) is 0 Å². The molecular weight excluding hydrogens is 342 g/mol. The highest BCUT2D eigenvalue weighted by Crippen LogP contribution is 2.12. The van der Waals surface area contributed by atoms with Crippen molar-refractivity contribution in [2.45, 2.75) is 45.1 Å². The number of hydrogen-bond donors (Lipinski definition) is 1. The maximum absolute atomic E-state index is 12.1. The highest BCUT2D eigenvalue weighted by molar-refractivity contribution is 5.89. The van der Waals surface area contributed by atoms with E-state index in [1.54, 1.807) is 32.9 Å². The SMILES string of the molecule is COC(=O)C(NC(=O)OC(C)(C)C)C(OCc1ccccc1)C(=O)OC. The first-order chi connectivity index (χ1) is 12.2. The molecule has 26 heavy (non-hydrogen) atoms. The predicted octanol–water partition coefficient (Wildman–Crippen LogP) is 1.81. The fourth-order valence-corrected chi connectivity index (χ4v) is 2.00. The Hall–Kier alpha value is -2.61. The molecule has 2 unspecified atom stereocenters. The molecule has 8 heteroatoms. The minimum absolute atomic E-state index is 0.0318. The summed E-state index contributed by atoms with van der Waals surface area (Å²) in [5, 5.41) is 2.31. The minimum Gasteiger partial charge on any atom is -0.467 e. The van der Waals surface area contributed by atoms with Gasteiger partial charge in [-0.15, -0.1) is 0 Å². The van der Waals surface area contributed by atoms with Crippen LogP contribution >= 0.6 is 0 Å². The van der Waals surface area contributed by atoms with E-state index in [2.05, 4.69) is 10.1 Å². The van der Waals surface area contributed by atoms with Crippen molar-refractivity contribution in [3.63, 3.8) is 0 Å². The molecule has 0 fully saturated rings. The first-order valence-electron chi connectivity index (χ1n) is 7.98. The van der Waals surface area contributed by atoms with Crippen molar-refractivity contribution in [2.75, 3.05) is 14.2 Å². The Morgan fingerprint density at radius 1 is 1.00 bits per heavy atom. The Labute approximate surface area is 152 Å². The second kappa shape index (κ2) is 9.76. The predicted molar refractivity (Wildman–Crippen MR) is 92.2 cm³/mol. The Kier molecular flexibility index (Phi) is 8.05. The molecule has 0 aliphatic carbocycles. The van der Waals surface area contributed by atoms with Crippen LogP contribution in [0.4, 0.5) is 4.79 Å². The van der Waals surface area contributed by atoms with Crippen LogP contribution in [0.25, 0.3) is 0 Å². The van der Waals surface area contributed by atoms with Crippen molar-refractivity contribution in [3.05, 3.63) is 35.9 Å². The van der Waals surface area contributed by atoms with E-state index in [1.807, 2.05) is 18.2 Å². The number of nitrogens with one attached hydrogen (secondary N) is 1. The van der Waals surface area contributed by atoms with Crippen LogP contribution in [0.1, 0.15) is 26.3 Å². The van der Waals surface area contributed by atoms with Gasteiger partial charge in [-0.25, -0.2) is 14.4 Å². The monoisotopic (exact) mass is 367 g/mol. The Balaban J connectivity index is 2.96. The molecule has 1 N–H and O–H groups in total. The van der Waals surface area contributed by atoms with Gasteiger partial charge in [0.1, 0.15) is 5.60 Å². The van der Waals surface area contributed by atoms with Crippen LogP contribution in [0.3, 0.4) is 0 Å². The van der Waals surface area contributed by atoms with Crippen molar-refractivity contribution >= 4 is 18.0 Å². The molecular formula is C18H25NO7. The lowest BCUT2D eigenvalue weighted by Gasteiger charge is -2.26. The van der Waals surface area contributed by atoms with E-state index in [-0.39, 0.29) is 6.61 Å². The van der Waals surface area contributed by atoms with Crippen molar-refractivity contribution < 1.29 is 33.3 Å². The summed E-state index contributed by atoms with van der Waals surface area (Å²) in [6.07, 6.45) is -2.29. The van der Waals surface area contributed by atoms with Crippen LogP contribution < -0.4 is 5.32 Å². The van der Waals surface area contributed by atoms with Gasteiger partial charge in [0.05, 0.1) is 20.8 Å². The zero-order chi connectivity index (χ0) is 19.7. The lowest BCUT2D eigenvalue weighted by Crippen LogP contribution is -2.54. The van der Waals surface area contributed by atoms with Gasteiger partial charge in [-0.2, -0.15) is 0 Å². The Bertz CT molecular complexity index is 610. The zero-order valence-electron chi connectivity index (χ0n) is 15.6. The summed E-state index contributed by atoms with van der Waals surface area (Å²) >= 11 is 0. The van der Waals surface area contributed by atoms with Crippen LogP contribution in [0.5, 0.6) is 0 Å². The summed E-state index contributed by atoms with van der Waals surface area (Å²) in [5.74, 6) is -1.69. The number of carbonyl (C=O) groups excluding carboxylic acids is 3. The summed E-state index contributed by atoms with van der Waals surface area (Å²) < 4.78 is 20.0. The van der Waals surface area contributed by atoms with Gasteiger partial charge in [0.2, 0.25) is 0 Å². The molecule has 0 bridgehead atoms. The molecule has 0 aliphatic rings. The summed E-state index contributed by atoms with van der Waals surface area (Å²) in [4.78, 5) is 36.3. The molecule has 144 valence electrons. The lowest BCUT2D eigenvalue weighted by molar-refractivity contribution is -0.165. The number of ether oxygens (including phenoxy) is 4. The smallest absolute Gasteiger partial charge is 0.408 e. The van der Waals surface area contributed by atoms with Gasteiger partial charge < -0.3 is 24.3 Å². The average molecular weight is 367 g/mol. The number of amides is 1. The van der Waals surface area contributed by atoms with Crippen LogP contribution in [0.2, 0.25) is 0 Å². The molecule has 1 aromatic carbocycles. The second-order valence-electron chi connectivity index (χ2n) is 6.39. The normalized spacial score (nSPS) is 13.3. The molecule has 0 aromatic heterocycles. The summed E-state index contributed by atoms with van der Waals surface area (Å²) in [6, 6.07) is 7.62. The molecule has 2 atom stereocenters. The molecule has 0 spiro atoms. The number of alkyl carbamates (subject to hydrolysis) is 1. The third-order valence-electron chi connectivity index (χ3n) is 3.14. The van der Waals surface area contributed by atoms with Gasteiger partial charge in [0, 0.05) is 0 Å². The second-order valence-corrected chi connectivity index (χ2v) is 6.39. The zero-order valence-corrected chi connectivity index (χ0v) is 15.6. The quantitative estimate of drug-likeness (QED) is 0.579. The number of carbonyl (C=O) groups is 3. The molecule has 0 saturated heterocycles. The van der Waals surface area contributed by atoms with E-state index >= 15 is 0 Å². The van der Waals surface area contributed by atoms with Gasteiger partial charge in [-0.1, -0.05) is 30.3 Å². The number of hydrogen-bond acceptors (Lipinski definition) is 7. The number of esters is 2. The Morgan fingerprint density at radius 2 is 1.58 bits per heavy atom. The number of methoxy groups -OCH3 is 2. The summed E-state index contributed by atoms with van der Waals surface area (Å²) in [7, 11) is 2.29. The first kappa shape index (κ1) is 21.4. The lowest BCUT2D eigenvalue weighted by atomic mass is 10.1. The third-order valence-corrected chi connectivity index (χ3v) is 3.14. The van der Waals surface area contributed by atoms with Crippen LogP contribution in [0, 0.1) is 0 Å². The van der Waals surface area contributed by atoms with E-state index in [0.717, 1.165) is 19.8 Å². The third kappa shape index (κ3) is 7.10. The van der Waals surface area contributed by atoms with E-state index in [9.17, 15) is 14.4 Å². The number of rotatable bonds is 7. The minimum atomic E-state index is -1.42. The summed E-state index contributed by atoms with van der Waals surface area (Å²) in [6.45, 7) is 5.04. The Morgan fingerprint density at radius 3 is 2.08 bits per heavy atom. The highest BCUT2D eigenvalue weighted by atomic mass is 16.6. The van der Waals surface area contributed by atoms with Crippen molar-refractivity contribution in [1.82, 2.24) is 5.32 Å². The van der Waals surface area contributed by atoms with Crippen LogP contribution in [0.15, 0.2) is 30.3 Å².